The summed E-state index contributed by atoms with van der Waals surface area (Å²) in [6.45, 7) is 4.04. The molecule has 92 valence electrons. The minimum atomic E-state index is -0.290. The second-order valence-corrected chi connectivity index (χ2v) is 4.73. The highest BCUT2D eigenvalue weighted by Gasteiger charge is 2.18. The summed E-state index contributed by atoms with van der Waals surface area (Å²) in [6.07, 6.45) is 0.610. The molecule has 0 fully saturated rings. The third-order valence-electron chi connectivity index (χ3n) is 2.64. The van der Waals surface area contributed by atoms with E-state index in [1.54, 1.807) is 6.07 Å². The first-order chi connectivity index (χ1) is 8.00. The molecule has 0 radical (unpaired) electrons. The van der Waals surface area contributed by atoms with Gasteiger partial charge >= 0.3 is 0 Å². The van der Waals surface area contributed by atoms with Crippen LogP contribution in [0.5, 0.6) is 0 Å². The number of fused-ring (bicyclic) bond motifs is 1. The van der Waals surface area contributed by atoms with E-state index in [4.69, 9.17) is 5.11 Å². The van der Waals surface area contributed by atoms with E-state index in [1.807, 2.05) is 13.8 Å². The van der Waals surface area contributed by atoms with Crippen LogP contribution in [0.3, 0.4) is 0 Å². The summed E-state index contributed by atoms with van der Waals surface area (Å²) >= 11 is 0. The fourth-order valence-corrected chi connectivity index (χ4v) is 1.70. The lowest BCUT2D eigenvalue weighted by atomic mass is 10.0. The number of rotatable bonds is 4. The summed E-state index contributed by atoms with van der Waals surface area (Å²) in [5, 5.41) is 12.1. The minimum Gasteiger partial charge on any atom is -0.396 e. The number of aliphatic hydroxyl groups excluding tert-OH is 1. The van der Waals surface area contributed by atoms with Gasteiger partial charge in [-0.1, -0.05) is 0 Å². The molecular weight excluding hydrogens is 221 g/mol. The van der Waals surface area contributed by atoms with Gasteiger partial charge in [0.25, 0.3) is 0 Å². The van der Waals surface area contributed by atoms with Crippen LogP contribution in [0.4, 0.5) is 10.3 Å². The Balaban J connectivity index is 2.25. The summed E-state index contributed by atoms with van der Waals surface area (Å²) in [5.41, 5.74) is 1.11. The number of halogens is 1. The maximum atomic E-state index is 13.0. The normalized spacial score (nSPS) is 12.0. The quantitative estimate of drug-likeness (QED) is 0.764. The molecule has 0 aliphatic heterocycles. The maximum absolute atomic E-state index is 13.0. The van der Waals surface area contributed by atoms with Crippen LogP contribution in [0.1, 0.15) is 20.3 Å². The van der Waals surface area contributed by atoms with Crippen molar-refractivity contribution in [2.75, 3.05) is 11.9 Å². The van der Waals surface area contributed by atoms with Crippen molar-refractivity contribution in [3.8, 4) is 0 Å². The number of H-pyrrole nitrogens is 1. The van der Waals surface area contributed by atoms with Crippen LogP contribution in [0.15, 0.2) is 18.2 Å². The number of hydrogen-bond acceptors (Lipinski definition) is 3. The van der Waals surface area contributed by atoms with Crippen LogP contribution in [0.2, 0.25) is 0 Å². The average Bonchev–Trinajstić information content (AvgIpc) is 2.57. The summed E-state index contributed by atoms with van der Waals surface area (Å²) in [4.78, 5) is 7.31. The molecule has 0 spiro atoms. The lowest BCUT2D eigenvalue weighted by Gasteiger charge is -2.24. The SMILES string of the molecule is CC(C)(CCO)Nc1nc2ccc(F)cc2[nH]1. The molecule has 2 aromatic rings. The van der Waals surface area contributed by atoms with Gasteiger partial charge in [-0.2, -0.15) is 0 Å². The largest absolute Gasteiger partial charge is 0.396 e. The number of imidazole rings is 1. The van der Waals surface area contributed by atoms with Crippen LogP contribution >= 0.6 is 0 Å². The monoisotopic (exact) mass is 237 g/mol. The van der Waals surface area contributed by atoms with Crippen LogP contribution < -0.4 is 5.32 Å². The molecule has 0 bridgehead atoms. The number of nitrogens with zero attached hydrogens (tertiary/aromatic N) is 1. The Morgan fingerprint density at radius 3 is 2.94 bits per heavy atom. The summed E-state index contributed by atoms with van der Waals surface area (Å²) in [6, 6.07) is 4.42. The molecular formula is C12H16FN3O. The van der Waals surface area contributed by atoms with Gasteiger partial charge in [0, 0.05) is 12.1 Å². The van der Waals surface area contributed by atoms with Crippen LogP contribution in [0, 0.1) is 5.82 Å². The zero-order valence-electron chi connectivity index (χ0n) is 9.92. The van der Waals surface area contributed by atoms with Crippen LogP contribution in [-0.2, 0) is 0 Å². The van der Waals surface area contributed by atoms with Gasteiger partial charge in [0.05, 0.1) is 11.0 Å². The van der Waals surface area contributed by atoms with Gasteiger partial charge in [0.1, 0.15) is 5.82 Å². The molecule has 0 aliphatic rings. The smallest absolute Gasteiger partial charge is 0.201 e. The molecule has 4 nitrogen and oxygen atoms in total. The number of aromatic nitrogens is 2. The lowest BCUT2D eigenvalue weighted by Crippen LogP contribution is -2.32. The van der Waals surface area contributed by atoms with Crippen molar-refractivity contribution in [2.45, 2.75) is 25.8 Å². The average molecular weight is 237 g/mol. The highest BCUT2D eigenvalue weighted by Crippen LogP contribution is 2.19. The third-order valence-corrected chi connectivity index (χ3v) is 2.64. The highest BCUT2D eigenvalue weighted by molar-refractivity contribution is 5.77. The molecule has 1 aromatic heterocycles. The molecule has 3 N–H and O–H groups in total. The first kappa shape index (κ1) is 11.9. The fraction of sp³-hybridized carbons (Fsp3) is 0.417. The van der Waals surface area contributed by atoms with Gasteiger partial charge in [0.2, 0.25) is 5.95 Å². The Bertz CT molecular complexity index is 521. The second kappa shape index (κ2) is 4.33. The molecule has 0 amide bonds. The number of hydrogen-bond donors (Lipinski definition) is 3. The van der Waals surface area contributed by atoms with Crippen molar-refractivity contribution >= 4 is 17.0 Å². The van der Waals surface area contributed by atoms with Gasteiger partial charge in [-0.05, 0) is 38.5 Å². The molecule has 17 heavy (non-hydrogen) atoms. The molecule has 0 saturated carbocycles. The highest BCUT2D eigenvalue weighted by atomic mass is 19.1. The zero-order valence-corrected chi connectivity index (χ0v) is 9.92. The Kier molecular flexibility index (Phi) is 3.02. The predicted molar refractivity (Wildman–Crippen MR) is 65.5 cm³/mol. The summed E-state index contributed by atoms with van der Waals surface area (Å²) < 4.78 is 13.0. The van der Waals surface area contributed by atoms with E-state index in [0.717, 1.165) is 0 Å². The van der Waals surface area contributed by atoms with Crippen molar-refractivity contribution < 1.29 is 9.50 Å². The van der Waals surface area contributed by atoms with E-state index in [1.165, 1.54) is 12.1 Å². The summed E-state index contributed by atoms with van der Waals surface area (Å²) in [7, 11) is 0. The van der Waals surface area contributed by atoms with Gasteiger partial charge in [0.15, 0.2) is 0 Å². The van der Waals surface area contributed by atoms with Crippen molar-refractivity contribution in [1.29, 1.82) is 0 Å². The van der Waals surface area contributed by atoms with Crippen molar-refractivity contribution in [2.24, 2.45) is 0 Å². The number of benzene rings is 1. The van der Waals surface area contributed by atoms with Gasteiger partial charge in [-0.25, -0.2) is 9.37 Å². The standard InChI is InChI=1S/C12H16FN3O/c1-12(2,5-6-17)16-11-14-9-4-3-8(13)7-10(9)15-11/h3-4,7,17H,5-6H2,1-2H3,(H2,14,15,16). The number of nitrogens with one attached hydrogen (secondary N) is 2. The molecule has 0 aliphatic carbocycles. The molecule has 2 rings (SSSR count). The molecule has 1 heterocycles. The fourth-order valence-electron chi connectivity index (χ4n) is 1.70. The predicted octanol–water partition coefficient (Wildman–Crippen LogP) is 2.27. The lowest BCUT2D eigenvalue weighted by molar-refractivity contribution is 0.260. The van der Waals surface area contributed by atoms with Crippen LogP contribution in [0.25, 0.3) is 11.0 Å². The van der Waals surface area contributed by atoms with Crippen molar-refractivity contribution in [3.05, 3.63) is 24.0 Å². The van der Waals surface area contributed by atoms with Crippen molar-refractivity contribution in [3.63, 3.8) is 0 Å². The third kappa shape index (κ3) is 2.74. The van der Waals surface area contributed by atoms with E-state index in [-0.39, 0.29) is 18.0 Å². The van der Waals surface area contributed by atoms with Gasteiger partial charge < -0.3 is 15.4 Å². The molecule has 1 aromatic carbocycles. The molecule has 0 unspecified atom stereocenters. The Morgan fingerprint density at radius 2 is 2.24 bits per heavy atom. The van der Waals surface area contributed by atoms with E-state index in [0.29, 0.717) is 23.4 Å². The summed E-state index contributed by atoms with van der Waals surface area (Å²) in [5.74, 6) is 0.298. The Labute approximate surface area is 98.9 Å². The molecule has 0 saturated heterocycles. The Morgan fingerprint density at radius 1 is 1.47 bits per heavy atom. The van der Waals surface area contributed by atoms with Gasteiger partial charge in [-0.15, -0.1) is 0 Å². The first-order valence-electron chi connectivity index (χ1n) is 5.54. The van der Waals surface area contributed by atoms with E-state index < -0.39 is 0 Å². The Hall–Kier alpha value is -1.62. The maximum Gasteiger partial charge on any atom is 0.201 e. The first-order valence-corrected chi connectivity index (χ1v) is 5.54. The second-order valence-electron chi connectivity index (χ2n) is 4.73. The van der Waals surface area contributed by atoms with Crippen molar-refractivity contribution in [1.82, 2.24) is 9.97 Å². The molecule has 0 atom stereocenters. The van der Waals surface area contributed by atoms with E-state index in [9.17, 15) is 4.39 Å². The van der Waals surface area contributed by atoms with E-state index in [2.05, 4.69) is 15.3 Å². The topological polar surface area (TPSA) is 60.9 Å². The van der Waals surface area contributed by atoms with Gasteiger partial charge in [-0.3, -0.25) is 0 Å². The molecule has 5 heteroatoms. The number of aromatic amines is 1. The van der Waals surface area contributed by atoms with E-state index >= 15 is 0 Å². The number of aliphatic hydroxyl groups is 1. The minimum absolute atomic E-state index is 0.106. The zero-order chi connectivity index (χ0) is 12.5. The number of anilines is 1. The van der Waals surface area contributed by atoms with Crippen LogP contribution in [-0.4, -0.2) is 27.2 Å².